The number of benzene rings is 2. The van der Waals surface area contributed by atoms with Gasteiger partial charge < -0.3 is 4.74 Å². The molecule has 0 atom stereocenters. The number of hydrogen-bond donors (Lipinski definition) is 1. The number of methoxy groups -OCH3 is 1. The summed E-state index contributed by atoms with van der Waals surface area (Å²) in [6.07, 6.45) is 1.85. The van der Waals surface area contributed by atoms with E-state index in [0.29, 0.717) is 10.8 Å². The first kappa shape index (κ1) is 18.5. The third-order valence-electron chi connectivity index (χ3n) is 4.44. The van der Waals surface area contributed by atoms with Crippen LogP contribution >= 0.6 is 11.6 Å². The first-order chi connectivity index (χ1) is 13.4. The lowest BCUT2D eigenvalue weighted by Gasteiger charge is -2.07. The zero-order valence-corrected chi connectivity index (χ0v) is 16.4. The summed E-state index contributed by atoms with van der Waals surface area (Å²) in [7, 11) is -2.20. The van der Waals surface area contributed by atoms with Crippen LogP contribution in [0.15, 0.2) is 71.8 Å². The lowest BCUT2D eigenvalue weighted by molar-refractivity contribution is 0.415. The number of pyridine rings is 1. The van der Waals surface area contributed by atoms with Gasteiger partial charge in [0.05, 0.1) is 22.5 Å². The summed E-state index contributed by atoms with van der Waals surface area (Å²) in [5.74, 6) is 0.577. The van der Waals surface area contributed by atoms with Crippen LogP contribution in [0.1, 0.15) is 0 Å². The summed E-state index contributed by atoms with van der Waals surface area (Å²) in [6.45, 7) is 0. The highest BCUT2D eigenvalue weighted by molar-refractivity contribution is 7.89. The molecular formula is C20H16ClN3O3S. The van der Waals surface area contributed by atoms with E-state index in [1.807, 2.05) is 30.5 Å². The standard InChI is InChI=1S/C20H16ClN3O3S/c1-27-18-10-7-14(12-16(18)21)20-19(17-4-2-3-11-24(17)23-20)13-5-8-15(9-6-13)28(22,25)26/h2-12H,1H3,(H2,22,25,26). The zero-order chi connectivity index (χ0) is 19.9. The molecular weight excluding hydrogens is 398 g/mol. The van der Waals surface area contributed by atoms with Crippen molar-refractivity contribution in [3.05, 3.63) is 71.9 Å². The van der Waals surface area contributed by atoms with E-state index >= 15 is 0 Å². The Labute approximate surface area is 167 Å². The molecule has 142 valence electrons. The van der Waals surface area contributed by atoms with E-state index in [2.05, 4.69) is 0 Å². The number of sulfonamides is 1. The Balaban J connectivity index is 1.95. The molecule has 0 radical (unpaired) electrons. The van der Waals surface area contributed by atoms with Gasteiger partial charge in [-0.25, -0.2) is 18.1 Å². The summed E-state index contributed by atoms with van der Waals surface area (Å²) in [5, 5.41) is 10.4. The van der Waals surface area contributed by atoms with Gasteiger partial charge in [0.15, 0.2) is 0 Å². The van der Waals surface area contributed by atoms with Crippen LogP contribution in [0.2, 0.25) is 5.02 Å². The van der Waals surface area contributed by atoms with E-state index in [4.69, 9.17) is 26.6 Å². The average molecular weight is 414 g/mol. The Morgan fingerprint density at radius 1 is 1.04 bits per heavy atom. The molecule has 2 aromatic carbocycles. The van der Waals surface area contributed by atoms with Crippen LogP contribution in [0.3, 0.4) is 0 Å². The number of aromatic nitrogens is 2. The van der Waals surface area contributed by atoms with Crippen LogP contribution in [0, 0.1) is 0 Å². The Kier molecular flexibility index (Phi) is 4.58. The van der Waals surface area contributed by atoms with Crippen LogP contribution in [-0.2, 0) is 10.0 Å². The molecule has 2 aromatic heterocycles. The third-order valence-corrected chi connectivity index (χ3v) is 5.66. The number of ether oxygens (including phenoxy) is 1. The van der Waals surface area contributed by atoms with Crippen molar-refractivity contribution in [1.29, 1.82) is 0 Å². The fourth-order valence-corrected chi connectivity index (χ4v) is 3.88. The van der Waals surface area contributed by atoms with Gasteiger partial charge in [-0.3, -0.25) is 0 Å². The van der Waals surface area contributed by atoms with Crippen LogP contribution in [0.4, 0.5) is 0 Å². The smallest absolute Gasteiger partial charge is 0.238 e. The highest BCUT2D eigenvalue weighted by atomic mass is 35.5. The number of nitrogens with zero attached hydrogens (tertiary/aromatic N) is 2. The van der Waals surface area contributed by atoms with Crippen molar-refractivity contribution in [1.82, 2.24) is 9.61 Å². The number of hydrogen-bond acceptors (Lipinski definition) is 4. The van der Waals surface area contributed by atoms with Crippen molar-refractivity contribution in [2.24, 2.45) is 5.14 Å². The van der Waals surface area contributed by atoms with E-state index in [0.717, 1.165) is 27.9 Å². The molecule has 0 aliphatic rings. The van der Waals surface area contributed by atoms with Crippen LogP contribution in [-0.4, -0.2) is 25.1 Å². The van der Waals surface area contributed by atoms with Gasteiger partial charge in [0.2, 0.25) is 10.0 Å². The summed E-state index contributed by atoms with van der Waals surface area (Å²) in [4.78, 5) is 0.0572. The summed E-state index contributed by atoms with van der Waals surface area (Å²) >= 11 is 6.31. The normalized spacial score (nSPS) is 11.7. The molecule has 4 aromatic rings. The van der Waals surface area contributed by atoms with Crippen molar-refractivity contribution in [2.45, 2.75) is 4.90 Å². The molecule has 4 rings (SSSR count). The van der Waals surface area contributed by atoms with E-state index in [1.165, 1.54) is 12.1 Å². The zero-order valence-electron chi connectivity index (χ0n) is 14.8. The molecule has 2 heterocycles. The predicted molar refractivity (Wildman–Crippen MR) is 109 cm³/mol. The molecule has 0 saturated carbocycles. The monoisotopic (exact) mass is 413 g/mol. The first-order valence-corrected chi connectivity index (χ1v) is 10.3. The third kappa shape index (κ3) is 3.24. The first-order valence-electron chi connectivity index (χ1n) is 8.33. The number of primary sulfonamides is 1. The largest absolute Gasteiger partial charge is 0.495 e. The second kappa shape index (κ2) is 6.94. The summed E-state index contributed by atoms with van der Waals surface area (Å²) in [5.41, 5.74) is 4.10. The van der Waals surface area contributed by atoms with E-state index < -0.39 is 10.0 Å². The Bertz CT molecular complexity index is 1280. The fourth-order valence-electron chi connectivity index (χ4n) is 3.11. The highest BCUT2D eigenvalue weighted by Gasteiger charge is 2.18. The van der Waals surface area contributed by atoms with Crippen molar-refractivity contribution in [3.63, 3.8) is 0 Å². The van der Waals surface area contributed by atoms with E-state index in [-0.39, 0.29) is 4.90 Å². The molecule has 0 amide bonds. The van der Waals surface area contributed by atoms with Gasteiger partial charge in [0, 0.05) is 17.3 Å². The maximum Gasteiger partial charge on any atom is 0.238 e. The van der Waals surface area contributed by atoms with Crippen molar-refractivity contribution >= 4 is 27.1 Å². The minimum absolute atomic E-state index is 0.0572. The van der Waals surface area contributed by atoms with Crippen LogP contribution < -0.4 is 9.88 Å². The summed E-state index contributed by atoms with van der Waals surface area (Å²) in [6, 6.07) is 17.6. The molecule has 0 aliphatic heterocycles. The lowest BCUT2D eigenvalue weighted by Crippen LogP contribution is -2.11. The van der Waals surface area contributed by atoms with E-state index in [9.17, 15) is 8.42 Å². The second-order valence-electron chi connectivity index (χ2n) is 6.17. The highest BCUT2D eigenvalue weighted by Crippen LogP contribution is 2.38. The minimum atomic E-state index is -3.76. The second-order valence-corrected chi connectivity index (χ2v) is 8.14. The average Bonchev–Trinajstić information content (AvgIpc) is 3.07. The number of halogens is 1. The van der Waals surface area contributed by atoms with E-state index in [1.54, 1.807) is 35.9 Å². The van der Waals surface area contributed by atoms with Crippen molar-refractivity contribution < 1.29 is 13.2 Å². The van der Waals surface area contributed by atoms with Crippen LogP contribution in [0.5, 0.6) is 5.75 Å². The molecule has 2 N–H and O–H groups in total. The molecule has 0 saturated heterocycles. The fraction of sp³-hybridized carbons (Fsp3) is 0.0500. The molecule has 6 nitrogen and oxygen atoms in total. The molecule has 0 unspecified atom stereocenters. The molecule has 0 fully saturated rings. The van der Waals surface area contributed by atoms with Crippen LogP contribution in [0.25, 0.3) is 27.9 Å². The lowest BCUT2D eigenvalue weighted by atomic mass is 10.00. The number of rotatable bonds is 4. The van der Waals surface area contributed by atoms with Gasteiger partial charge in [0.25, 0.3) is 0 Å². The van der Waals surface area contributed by atoms with Gasteiger partial charge in [-0.2, -0.15) is 5.10 Å². The molecule has 0 aliphatic carbocycles. The summed E-state index contributed by atoms with van der Waals surface area (Å²) < 4.78 is 30.1. The quantitative estimate of drug-likeness (QED) is 0.548. The van der Waals surface area contributed by atoms with Gasteiger partial charge >= 0.3 is 0 Å². The number of nitrogens with two attached hydrogens (primary N) is 1. The van der Waals surface area contributed by atoms with Gasteiger partial charge in [0.1, 0.15) is 11.4 Å². The Morgan fingerprint density at radius 2 is 1.75 bits per heavy atom. The molecule has 28 heavy (non-hydrogen) atoms. The Morgan fingerprint density at radius 3 is 2.39 bits per heavy atom. The Hall–Kier alpha value is -2.87. The van der Waals surface area contributed by atoms with Gasteiger partial charge in [-0.1, -0.05) is 29.8 Å². The molecule has 8 heteroatoms. The minimum Gasteiger partial charge on any atom is -0.495 e. The molecule has 0 spiro atoms. The molecule has 0 bridgehead atoms. The van der Waals surface area contributed by atoms with Gasteiger partial charge in [-0.05, 0) is 48.0 Å². The van der Waals surface area contributed by atoms with Crippen molar-refractivity contribution in [2.75, 3.05) is 7.11 Å². The SMILES string of the molecule is COc1ccc(-c2nn3ccccc3c2-c2ccc(S(N)(=O)=O)cc2)cc1Cl. The van der Waals surface area contributed by atoms with Crippen molar-refractivity contribution in [3.8, 4) is 28.1 Å². The number of fused-ring (bicyclic) bond motifs is 1. The predicted octanol–water partition coefficient (Wildman–Crippen LogP) is 3.98. The topological polar surface area (TPSA) is 86.7 Å². The maximum atomic E-state index is 11.6. The van der Waals surface area contributed by atoms with Gasteiger partial charge in [-0.15, -0.1) is 0 Å². The maximum absolute atomic E-state index is 11.6.